The summed E-state index contributed by atoms with van der Waals surface area (Å²) in [5, 5.41) is 9.67. The second-order valence-corrected chi connectivity index (χ2v) is 7.01. The number of anilines is 1. The summed E-state index contributed by atoms with van der Waals surface area (Å²) in [5.41, 5.74) is 3.35. The summed E-state index contributed by atoms with van der Waals surface area (Å²) in [6.07, 6.45) is 4.36. The minimum atomic E-state index is -4.33. The Morgan fingerprint density at radius 2 is 1.90 bits per heavy atom. The van der Waals surface area contributed by atoms with Crippen LogP contribution in [-0.2, 0) is 19.1 Å². The predicted octanol–water partition coefficient (Wildman–Crippen LogP) is 4.12. The van der Waals surface area contributed by atoms with Crippen molar-refractivity contribution in [1.29, 1.82) is 0 Å². The topological polar surface area (TPSA) is 58.2 Å². The van der Waals surface area contributed by atoms with Crippen molar-refractivity contribution in [2.75, 3.05) is 12.4 Å². The number of ether oxygens (including phenoxy) is 1. The zero-order valence-electron chi connectivity index (χ0n) is 16.3. The molecule has 0 saturated carbocycles. The molecule has 156 valence electrons. The summed E-state index contributed by atoms with van der Waals surface area (Å²) in [6.45, 7) is 0.356. The normalized spacial score (nSPS) is 17.4. The lowest BCUT2D eigenvalue weighted by Crippen LogP contribution is -2.35. The Morgan fingerprint density at radius 3 is 2.63 bits per heavy atom. The Kier molecular flexibility index (Phi) is 5.39. The number of rotatable bonds is 6. The quantitative estimate of drug-likeness (QED) is 0.664. The number of hydrogen-bond acceptors (Lipinski definition) is 5. The van der Waals surface area contributed by atoms with Crippen LogP contribution in [0.4, 0.5) is 19.0 Å². The largest absolute Gasteiger partial charge is 0.481 e. The molecule has 1 unspecified atom stereocenters. The van der Waals surface area contributed by atoms with E-state index in [0.717, 1.165) is 28.8 Å². The molecular formula is C22H21F3N4O. The fourth-order valence-corrected chi connectivity index (χ4v) is 3.43. The first kappa shape index (κ1) is 19.9. The van der Waals surface area contributed by atoms with E-state index in [1.165, 1.54) is 17.7 Å². The van der Waals surface area contributed by atoms with E-state index in [4.69, 9.17) is 4.74 Å². The molecule has 0 saturated heterocycles. The molecular weight excluding hydrogens is 393 g/mol. The number of fused-ring (bicyclic) bond motifs is 1. The number of methoxy groups -OCH3 is 1. The van der Waals surface area contributed by atoms with Crippen LogP contribution in [0.25, 0.3) is 0 Å². The van der Waals surface area contributed by atoms with Crippen molar-refractivity contribution in [1.82, 2.24) is 15.6 Å². The van der Waals surface area contributed by atoms with Crippen LogP contribution in [-0.4, -0.2) is 18.3 Å². The number of benzene rings is 1. The molecule has 1 aromatic heterocycles. The molecule has 5 nitrogen and oxygen atoms in total. The van der Waals surface area contributed by atoms with Crippen LogP contribution in [0.2, 0.25) is 0 Å². The number of alkyl halides is 3. The van der Waals surface area contributed by atoms with Gasteiger partial charge in [0.1, 0.15) is 12.0 Å². The summed E-state index contributed by atoms with van der Waals surface area (Å²) in [7, 11) is 1.57. The van der Waals surface area contributed by atoms with Gasteiger partial charge in [-0.1, -0.05) is 18.2 Å². The van der Waals surface area contributed by atoms with Crippen molar-refractivity contribution >= 4 is 5.82 Å². The number of aromatic nitrogens is 1. The van der Waals surface area contributed by atoms with Crippen molar-refractivity contribution in [3.05, 3.63) is 88.8 Å². The lowest BCUT2D eigenvalue weighted by Gasteiger charge is -2.18. The number of dihydropyridines is 1. The molecule has 0 radical (unpaired) electrons. The molecule has 3 heterocycles. The van der Waals surface area contributed by atoms with Gasteiger partial charge in [0.2, 0.25) is 5.88 Å². The third kappa shape index (κ3) is 4.27. The van der Waals surface area contributed by atoms with Gasteiger partial charge in [0.15, 0.2) is 0 Å². The third-order valence-electron chi connectivity index (χ3n) is 5.01. The summed E-state index contributed by atoms with van der Waals surface area (Å²) in [4.78, 5) is 4.50. The molecule has 0 fully saturated rings. The van der Waals surface area contributed by atoms with Crippen LogP contribution in [0.15, 0.2) is 72.1 Å². The highest BCUT2D eigenvalue weighted by molar-refractivity contribution is 5.49. The summed E-state index contributed by atoms with van der Waals surface area (Å²) in [6, 6.07) is 8.86. The molecule has 0 bridgehead atoms. The van der Waals surface area contributed by atoms with E-state index in [0.29, 0.717) is 24.7 Å². The van der Waals surface area contributed by atoms with Gasteiger partial charge in [0.05, 0.1) is 12.7 Å². The molecule has 30 heavy (non-hydrogen) atoms. The SMILES string of the molecule is COc1nc(NCc2ccc(C(F)(F)F)cc2)ccc1CC1=CNC2NC=CC=C12. The highest BCUT2D eigenvalue weighted by Crippen LogP contribution is 2.30. The van der Waals surface area contributed by atoms with Gasteiger partial charge >= 0.3 is 6.18 Å². The van der Waals surface area contributed by atoms with Crippen molar-refractivity contribution < 1.29 is 17.9 Å². The lowest BCUT2D eigenvalue weighted by atomic mass is 9.98. The monoisotopic (exact) mass is 414 g/mol. The highest BCUT2D eigenvalue weighted by Gasteiger charge is 2.30. The summed E-state index contributed by atoms with van der Waals surface area (Å²) >= 11 is 0. The maximum atomic E-state index is 12.7. The zero-order chi connectivity index (χ0) is 21.1. The molecule has 0 amide bonds. The Morgan fingerprint density at radius 1 is 1.10 bits per heavy atom. The van der Waals surface area contributed by atoms with Gasteiger partial charge in [-0.05, 0) is 53.3 Å². The van der Waals surface area contributed by atoms with E-state index < -0.39 is 11.7 Å². The van der Waals surface area contributed by atoms with E-state index >= 15 is 0 Å². The maximum absolute atomic E-state index is 12.7. The molecule has 0 spiro atoms. The Hall–Kier alpha value is -3.42. The Labute approximate surface area is 172 Å². The van der Waals surface area contributed by atoms with Crippen molar-refractivity contribution in [2.24, 2.45) is 0 Å². The van der Waals surface area contributed by atoms with Crippen LogP contribution in [0.1, 0.15) is 16.7 Å². The first-order chi connectivity index (χ1) is 14.4. The number of hydrogen-bond donors (Lipinski definition) is 3. The standard InChI is InChI=1S/C22H21F3N4O/c1-30-21-15(11-16-13-28-20-18(16)3-2-10-26-20)6-9-19(29-21)27-12-14-4-7-17(8-5-14)22(23,24)25/h2-10,13,20,26,28H,11-12H2,1H3,(H,27,29). The van der Waals surface area contributed by atoms with Crippen LogP contribution in [0.5, 0.6) is 5.88 Å². The number of nitrogens with one attached hydrogen (secondary N) is 3. The molecule has 3 N–H and O–H groups in total. The second-order valence-electron chi connectivity index (χ2n) is 7.01. The van der Waals surface area contributed by atoms with Crippen LogP contribution in [0, 0.1) is 0 Å². The molecule has 1 aromatic carbocycles. The highest BCUT2D eigenvalue weighted by atomic mass is 19.4. The van der Waals surface area contributed by atoms with Crippen molar-refractivity contribution in [2.45, 2.75) is 25.3 Å². The van der Waals surface area contributed by atoms with Crippen molar-refractivity contribution in [3.8, 4) is 5.88 Å². The minimum absolute atomic E-state index is 0.0913. The van der Waals surface area contributed by atoms with Crippen molar-refractivity contribution in [3.63, 3.8) is 0 Å². The van der Waals surface area contributed by atoms with Gasteiger partial charge in [0, 0.05) is 24.7 Å². The van der Waals surface area contributed by atoms with E-state index in [-0.39, 0.29) is 6.17 Å². The molecule has 2 aliphatic heterocycles. The minimum Gasteiger partial charge on any atom is -0.481 e. The van der Waals surface area contributed by atoms with Crippen LogP contribution in [0.3, 0.4) is 0 Å². The van der Waals surface area contributed by atoms with Gasteiger partial charge in [0.25, 0.3) is 0 Å². The number of allylic oxidation sites excluding steroid dienone is 2. The molecule has 8 heteroatoms. The lowest BCUT2D eigenvalue weighted by molar-refractivity contribution is -0.137. The van der Waals surface area contributed by atoms with Gasteiger partial charge < -0.3 is 20.7 Å². The molecule has 4 rings (SSSR count). The number of nitrogens with zero attached hydrogens (tertiary/aromatic N) is 1. The third-order valence-corrected chi connectivity index (χ3v) is 5.01. The summed E-state index contributed by atoms with van der Waals surface area (Å²) < 4.78 is 43.5. The second kappa shape index (κ2) is 8.14. The first-order valence-corrected chi connectivity index (χ1v) is 9.46. The van der Waals surface area contributed by atoms with E-state index in [2.05, 4.69) is 27.0 Å². The fourth-order valence-electron chi connectivity index (χ4n) is 3.43. The smallest absolute Gasteiger partial charge is 0.416 e. The van der Waals surface area contributed by atoms with Gasteiger partial charge in [-0.15, -0.1) is 0 Å². The van der Waals surface area contributed by atoms with Crippen LogP contribution < -0.4 is 20.7 Å². The van der Waals surface area contributed by atoms with E-state index in [9.17, 15) is 13.2 Å². The van der Waals surface area contributed by atoms with Gasteiger partial charge in [-0.3, -0.25) is 0 Å². The average molecular weight is 414 g/mol. The maximum Gasteiger partial charge on any atom is 0.416 e. The first-order valence-electron chi connectivity index (χ1n) is 9.46. The van der Waals surface area contributed by atoms with E-state index in [1.807, 2.05) is 30.6 Å². The Bertz CT molecular complexity index is 1010. The molecule has 2 aromatic rings. The number of pyridine rings is 1. The van der Waals surface area contributed by atoms with Gasteiger partial charge in [-0.25, -0.2) is 0 Å². The average Bonchev–Trinajstić information content (AvgIpc) is 3.15. The number of halogens is 3. The predicted molar refractivity (Wildman–Crippen MR) is 109 cm³/mol. The Balaban J connectivity index is 1.42. The molecule has 2 aliphatic rings. The molecule has 1 atom stereocenters. The zero-order valence-corrected chi connectivity index (χ0v) is 16.3. The van der Waals surface area contributed by atoms with E-state index in [1.54, 1.807) is 7.11 Å². The fraction of sp³-hybridized carbons (Fsp3) is 0.227. The van der Waals surface area contributed by atoms with Gasteiger partial charge in [-0.2, -0.15) is 18.2 Å². The van der Waals surface area contributed by atoms with Crippen LogP contribution >= 0.6 is 0 Å². The molecule has 0 aliphatic carbocycles. The summed E-state index contributed by atoms with van der Waals surface area (Å²) in [5.74, 6) is 1.10.